The largest absolute Gasteiger partial charge is 0.456 e. The highest BCUT2D eigenvalue weighted by molar-refractivity contribution is 6.26. The van der Waals surface area contributed by atoms with Gasteiger partial charge in [0.1, 0.15) is 11.2 Å². The molecule has 200 valence electrons. The van der Waals surface area contributed by atoms with Crippen molar-refractivity contribution in [2.24, 2.45) is 0 Å². The summed E-state index contributed by atoms with van der Waals surface area (Å²) in [6, 6.07) is 47.9. The summed E-state index contributed by atoms with van der Waals surface area (Å²) >= 11 is 0. The molecule has 1 nitrogen and oxygen atoms in total. The number of rotatable bonds is 3. The average molecular weight is 550 g/mol. The van der Waals surface area contributed by atoms with Gasteiger partial charge >= 0.3 is 0 Å². The van der Waals surface area contributed by atoms with Gasteiger partial charge in [-0.3, -0.25) is 0 Å². The fourth-order valence-electron chi connectivity index (χ4n) is 6.69. The highest BCUT2D eigenvalue weighted by Crippen LogP contribution is 2.47. The summed E-state index contributed by atoms with van der Waals surface area (Å²) < 4.78 is 33.5. The van der Waals surface area contributed by atoms with Crippen LogP contribution in [0.5, 0.6) is 0 Å². The molecule has 0 unspecified atom stereocenters. The summed E-state index contributed by atoms with van der Waals surface area (Å²) in [4.78, 5) is 0. The minimum atomic E-state index is -0.139. The number of hydrogen-bond donors (Lipinski definition) is 0. The van der Waals surface area contributed by atoms with E-state index in [1.54, 1.807) is 0 Å². The first-order valence-corrected chi connectivity index (χ1v) is 14.5. The Kier molecular flexibility index (Phi) is 4.63. The van der Waals surface area contributed by atoms with E-state index >= 15 is 0 Å². The van der Waals surface area contributed by atoms with Crippen LogP contribution >= 0.6 is 0 Å². The van der Waals surface area contributed by atoms with Crippen LogP contribution in [-0.4, -0.2) is 0 Å². The molecule has 1 heteroatoms. The van der Waals surface area contributed by atoms with Crippen molar-refractivity contribution in [2.75, 3.05) is 0 Å². The van der Waals surface area contributed by atoms with E-state index in [1.165, 1.54) is 5.56 Å². The maximum Gasteiger partial charge on any atom is 0.136 e. The van der Waals surface area contributed by atoms with Gasteiger partial charge in [-0.25, -0.2) is 0 Å². The Morgan fingerprint density at radius 1 is 0.419 bits per heavy atom. The third kappa shape index (κ3) is 3.72. The van der Waals surface area contributed by atoms with E-state index in [0.717, 1.165) is 60.0 Å². The summed E-state index contributed by atoms with van der Waals surface area (Å²) in [6.45, 7) is 0. The van der Waals surface area contributed by atoms with E-state index in [4.69, 9.17) is 7.16 Å². The van der Waals surface area contributed by atoms with Gasteiger partial charge in [-0.2, -0.15) is 0 Å². The Morgan fingerprint density at radius 2 is 0.953 bits per heavy atom. The third-order valence-corrected chi connectivity index (χ3v) is 8.63. The van der Waals surface area contributed by atoms with E-state index in [0.29, 0.717) is 22.1 Å². The Bertz CT molecular complexity index is 2600. The van der Waals surface area contributed by atoms with Crippen molar-refractivity contribution < 1.29 is 8.53 Å². The molecule has 1 heterocycles. The highest BCUT2D eigenvalue weighted by atomic mass is 16.3. The van der Waals surface area contributed by atoms with Crippen molar-refractivity contribution in [1.29, 1.82) is 0 Å². The SMILES string of the molecule is [2H]c1c([2H])c(-c2c3ccccc3c(-c3ccc(-c4ccccc4)cc3)c3ccccc23)c2c(oc3cc4ccccc4cc32)c1[2H]. The molecule has 0 fully saturated rings. The van der Waals surface area contributed by atoms with E-state index in [2.05, 4.69) is 97.1 Å². The monoisotopic (exact) mass is 549 g/mol. The fraction of sp³-hybridized carbons (Fsp3) is 0. The number of fused-ring (bicyclic) bond motifs is 6. The predicted octanol–water partition coefficient (Wildman–Crippen LogP) is 12.0. The summed E-state index contributed by atoms with van der Waals surface area (Å²) in [5, 5.41) is 7.77. The molecule has 0 aliphatic carbocycles. The van der Waals surface area contributed by atoms with Gasteiger partial charge in [-0.1, -0.05) is 139 Å². The van der Waals surface area contributed by atoms with Gasteiger partial charge in [0.05, 0.1) is 4.11 Å². The van der Waals surface area contributed by atoms with Gasteiger partial charge in [0.15, 0.2) is 0 Å². The molecule has 0 aliphatic rings. The van der Waals surface area contributed by atoms with Crippen molar-refractivity contribution in [1.82, 2.24) is 0 Å². The molecule has 0 bridgehead atoms. The van der Waals surface area contributed by atoms with Crippen LogP contribution in [0.3, 0.4) is 0 Å². The molecule has 0 N–H and O–H groups in total. The number of hydrogen-bond acceptors (Lipinski definition) is 1. The van der Waals surface area contributed by atoms with Crippen molar-refractivity contribution >= 4 is 54.3 Å². The Balaban J connectivity index is 1.40. The molecule has 0 saturated heterocycles. The molecule has 8 aromatic carbocycles. The molecular formula is C42H26O. The molecule has 0 radical (unpaired) electrons. The molecule has 0 aliphatic heterocycles. The van der Waals surface area contributed by atoms with Crippen LogP contribution in [-0.2, 0) is 0 Å². The van der Waals surface area contributed by atoms with Crippen LogP contribution in [0.2, 0.25) is 0 Å². The number of benzene rings is 8. The summed E-state index contributed by atoms with van der Waals surface area (Å²) in [5.41, 5.74) is 7.08. The van der Waals surface area contributed by atoms with Crippen LogP contribution in [0.15, 0.2) is 162 Å². The van der Waals surface area contributed by atoms with Crippen molar-refractivity contribution in [3.05, 3.63) is 158 Å². The Labute approximate surface area is 253 Å². The first-order chi connectivity index (χ1) is 22.6. The van der Waals surface area contributed by atoms with Gasteiger partial charge in [-0.15, -0.1) is 0 Å². The van der Waals surface area contributed by atoms with Gasteiger partial charge in [0, 0.05) is 10.8 Å². The third-order valence-electron chi connectivity index (χ3n) is 8.63. The van der Waals surface area contributed by atoms with Crippen molar-refractivity contribution in [2.45, 2.75) is 0 Å². The molecule has 0 atom stereocenters. The second-order valence-corrected chi connectivity index (χ2v) is 11.0. The molecule has 0 spiro atoms. The normalized spacial score (nSPS) is 12.7. The predicted molar refractivity (Wildman–Crippen MR) is 183 cm³/mol. The van der Waals surface area contributed by atoms with Crippen molar-refractivity contribution in [3.63, 3.8) is 0 Å². The van der Waals surface area contributed by atoms with Crippen LogP contribution in [0.4, 0.5) is 0 Å². The molecular weight excluding hydrogens is 520 g/mol. The zero-order valence-electron chi connectivity index (χ0n) is 26.2. The molecule has 1 aromatic heterocycles. The first kappa shape index (κ1) is 21.1. The molecule has 0 amide bonds. The topological polar surface area (TPSA) is 13.1 Å². The Hall–Kier alpha value is -5.66. The van der Waals surface area contributed by atoms with Crippen LogP contribution in [0.1, 0.15) is 4.11 Å². The van der Waals surface area contributed by atoms with E-state index in [1.807, 2.05) is 42.5 Å². The standard InChI is InChI=1S/C42H26O/c1-2-11-27(12-3-1)28-21-23-29(24-22-28)40-32-15-6-8-17-34(32)41(35-18-9-7-16-33(35)40)36-19-10-20-38-42(36)37-25-30-13-4-5-14-31(30)26-39(37)43-38/h1-26H/i10D,19D,20D. The van der Waals surface area contributed by atoms with E-state index in [9.17, 15) is 1.37 Å². The van der Waals surface area contributed by atoms with Gasteiger partial charge in [0.25, 0.3) is 0 Å². The van der Waals surface area contributed by atoms with Crippen LogP contribution < -0.4 is 0 Å². The summed E-state index contributed by atoms with van der Waals surface area (Å²) in [5.74, 6) is 0. The van der Waals surface area contributed by atoms with E-state index in [-0.39, 0.29) is 18.1 Å². The lowest BCUT2D eigenvalue weighted by Gasteiger charge is -2.18. The van der Waals surface area contributed by atoms with Crippen LogP contribution in [0, 0.1) is 0 Å². The molecule has 43 heavy (non-hydrogen) atoms. The fourth-order valence-corrected chi connectivity index (χ4v) is 6.69. The number of furan rings is 1. The maximum absolute atomic E-state index is 9.36. The second-order valence-electron chi connectivity index (χ2n) is 11.0. The minimum absolute atomic E-state index is 0.0311. The van der Waals surface area contributed by atoms with Gasteiger partial charge < -0.3 is 4.42 Å². The van der Waals surface area contributed by atoms with Crippen molar-refractivity contribution in [3.8, 4) is 33.4 Å². The maximum atomic E-state index is 9.36. The van der Waals surface area contributed by atoms with Gasteiger partial charge in [-0.05, 0) is 83.9 Å². The summed E-state index contributed by atoms with van der Waals surface area (Å²) in [6.07, 6.45) is 0. The smallest absolute Gasteiger partial charge is 0.136 e. The second kappa shape index (κ2) is 9.44. The molecule has 9 aromatic rings. The molecule has 0 saturated carbocycles. The Morgan fingerprint density at radius 3 is 1.63 bits per heavy atom. The lowest BCUT2D eigenvalue weighted by molar-refractivity contribution is 0.669. The zero-order valence-corrected chi connectivity index (χ0v) is 23.2. The van der Waals surface area contributed by atoms with E-state index < -0.39 is 0 Å². The zero-order chi connectivity index (χ0) is 30.9. The molecule has 9 rings (SSSR count). The van der Waals surface area contributed by atoms with Gasteiger partial charge in [0.2, 0.25) is 0 Å². The van der Waals surface area contributed by atoms with Crippen LogP contribution in [0.25, 0.3) is 87.6 Å². The highest BCUT2D eigenvalue weighted by Gasteiger charge is 2.20. The summed E-state index contributed by atoms with van der Waals surface area (Å²) in [7, 11) is 0. The lowest BCUT2D eigenvalue weighted by atomic mass is 9.84. The minimum Gasteiger partial charge on any atom is -0.456 e. The average Bonchev–Trinajstić information content (AvgIpc) is 3.48. The lowest BCUT2D eigenvalue weighted by Crippen LogP contribution is -1.91. The first-order valence-electron chi connectivity index (χ1n) is 16.0. The quantitative estimate of drug-likeness (QED) is 0.200.